The molecule has 0 saturated heterocycles. The molecule has 0 bridgehead atoms. The van der Waals surface area contributed by atoms with E-state index in [4.69, 9.17) is 19.2 Å². The lowest BCUT2D eigenvalue weighted by molar-refractivity contribution is -0.677. The van der Waals surface area contributed by atoms with Gasteiger partial charge in [-0.2, -0.15) is 0 Å². The first-order chi connectivity index (χ1) is 7.84. The van der Waals surface area contributed by atoms with Gasteiger partial charge in [-0.3, -0.25) is 4.57 Å². The largest absolute Gasteiger partial charge is 0.756 e. The second kappa shape index (κ2) is 8.42. The number of hydrogen-bond donors (Lipinski definition) is 3. The molecule has 1 rings (SSSR count). The summed E-state index contributed by atoms with van der Waals surface area (Å²) in [5.74, 6) is 1.34. The topological polar surface area (TPSA) is 100 Å². The lowest BCUT2D eigenvalue weighted by Gasteiger charge is -2.01. The van der Waals surface area contributed by atoms with E-state index in [9.17, 15) is 0 Å². The van der Waals surface area contributed by atoms with E-state index in [1.54, 1.807) is 0 Å². The molecule has 1 aromatic rings. The van der Waals surface area contributed by atoms with Crippen molar-refractivity contribution >= 4 is 7.82 Å². The molecule has 0 radical (unpaired) electrons. The molecule has 0 saturated carbocycles. The second-order valence-corrected chi connectivity index (χ2v) is 4.80. The maximum absolute atomic E-state index is 8.77. The number of rotatable bonds is 5. The van der Waals surface area contributed by atoms with Crippen LogP contribution in [0.4, 0.5) is 0 Å². The van der Waals surface area contributed by atoms with Crippen molar-refractivity contribution in [1.29, 1.82) is 0 Å². The fraction of sp³-hybridized carbons (Fsp3) is 0.700. The lowest BCUT2D eigenvalue weighted by Crippen LogP contribution is -2.30. The zero-order valence-corrected chi connectivity index (χ0v) is 11.2. The molecule has 1 heterocycles. The quantitative estimate of drug-likeness (QED) is 0.407. The van der Waals surface area contributed by atoms with E-state index in [1.807, 2.05) is 6.20 Å². The Balaban J connectivity index is 0.000000437. The van der Waals surface area contributed by atoms with Crippen molar-refractivity contribution in [2.24, 2.45) is 7.05 Å². The predicted molar refractivity (Wildman–Crippen MR) is 61.9 cm³/mol. The summed E-state index contributed by atoms with van der Waals surface area (Å²) in [7, 11) is -2.80. The molecule has 0 aliphatic heterocycles. The molecule has 0 aliphatic carbocycles. The summed E-state index contributed by atoms with van der Waals surface area (Å²) in [4.78, 5) is 26.2. The Bertz CT molecular complexity index is 340. The highest BCUT2D eigenvalue weighted by molar-refractivity contribution is 7.43. The summed E-state index contributed by atoms with van der Waals surface area (Å²) in [6, 6.07) is 0. The van der Waals surface area contributed by atoms with Crippen LogP contribution in [0, 0.1) is 0 Å². The highest BCUT2D eigenvalue weighted by Crippen LogP contribution is 2.18. The van der Waals surface area contributed by atoms with Crippen molar-refractivity contribution < 1.29 is 23.8 Å². The van der Waals surface area contributed by atoms with E-state index in [2.05, 4.69) is 29.7 Å². The summed E-state index contributed by atoms with van der Waals surface area (Å²) >= 11 is 0. The number of nitrogens with one attached hydrogen (secondary N) is 1. The van der Waals surface area contributed by atoms with Crippen molar-refractivity contribution in [3.05, 3.63) is 18.2 Å². The number of aryl methyl sites for hydroxylation is 2. The van der Waals surface area contributed by atoms with E-state index < -0.39 is 7.82 Å². The van der Waals surface area contributed by atoms with Gasteiger partial charge < -0.3 is 14.7 Å². The fourth-order valence-electron chi connectivity index (χ4n) is 1.40. The standard InChI is InChI=1S/C10H18N2.H3O4P/c1-3-4-5-6-7-10-11-8-9-12(10)2;1-5(2,3)4/h8-9H,3-7H2,1-2H3;(H3,1,2,3,4). The Hall–Kier alpha value is -0.680. The van der Waals surface area contributed by atoms with Crippen molar-refractivity contribution in [2.45, 2.75) is 39.0 Å². The van der Waals surface area contributed by atoms with E-state index >= 15 is 0 Å². The van der Waals surface area contributed by atoms with Crippen molar-refractivity contribution in [3.8, 4) is 0 Å². The number of phosphoric acid groups is 1. The fourth-order valence-corrected chi connectivity index (χ4v) is 1.40. The van der Waals surface area contributed by atoms with Crippen LogP contribution in [-0.4, -0.2) is 14.8 Å². The van der Waals surface area contributed by atoms with Gasteiger partial charge in [0.1, 0.15) is 12.4 Å². The van der Waals surface area contributed by atoms with Crippen LogP contribution in [0.1, 0.15) is 38.4 Å². The number of aromatic nitrogens is 2. The number of unbranched alkanes of at least 4 members (excludes halogenated alkanes) is 3. The van der Waals surface area contributed by atoms with Gasteiger partial charge in [0.05, 0.1) is 7.05 Å². The molecule has 100 valence electrons. The molecule has 0 aromatic carbocycles. The Kier molecular flexibility index (Phi) is 8.08. The Morgan fingerprint density at radius 2 is 2.00 bits per heavy atom. The van der Waals surface area contributed by atoms with Crippen LogP contribution in [0.15, 0.2) is 12.4 Å². The van der Waals surface area contributed by atoms with Crippen LogP contribution in [0.3, 0.4) is 0 Å². The summed E-state index contributed by atoms with van der Waals surface area (Å²) in [6.45, 7) is 2.24. The predicted octanol–water partition coefficient (Wildman–Crippen LogP) is 0.401. The van der Waals surface area contributed by atoms with Crippen molar-refractivity contribution in [2.75, 3.05) is 0 Å². The van der Waals surface area contributed by atoms with Gasteiger partial charge in [-0.25, -0.2) is 9.55 Å². The Morgan fingerprint density at radius 1 is 1.41 bits per heavy atom. The van der Waals surface area contributed by atoms with Gasteiger partial charge in [0.15, 0.2) is 0 Å². The molecule has 0 amide bonds. The summed E-state index contributed by atoms with van der Waals surface area (Å²) in [6.07, 6.45) is 10.6. The monoisotopic (exact) mass is 264 g/mol. The Labute approximate surface area is 102 Å². The number of H-pyrrole nitrogens is 1. The highest BCUT2D eigenvalue weighted by atomic mass is 31.2. The number of imidazole rings is 1. The SMILES string of the molecule is CCCCCCc1[nH]cc[n+]1C.O=P([O-])(O)O. The van der Waals surface area contributed by atoms with Gasteiger partial charge in [-0.15, -0.1) is 0 Å². The molecule has 6 nitrogen and oxygen atoms in total. The first kappa shape index (κ1) is 16.3. The molecule has 1 aromatic heterocycles. The van der Waals surface area contributed by atoms with Gasteiger partial charge in [-0.1, -0.05) is 26.2 Å². The van der Waals surface area contributed by atoms with Crippen LogP contribution in [0.2, 0.25) is 0 Å². The molecule has 0 spiro atoms. The van der Waals surface area contributed by atoms with Gasteiger partial charge in [0.2, 0.25) is 0 Å². The summed E-state index contributed by atoms with van der Waals surface area (Å²) in [5.41, 5.74) is 0. The minimum atomic E-state index is -4.89. The average Bonchev–Trinajstić information content (AvgIpc) is 2.57. The third-order valence-corrected chi connectivity index (χ3v) is 2.24. The van der Waals surface area contributed by atoms with E-state index in [0.29, 0.717) is 0 Å². The molecule has 0 aliphatic rings. The summed E-state index contributed by atoms with van der Waals surface area (Å²) < 4.78 is 10.9. The van der Waals surface area contributed by atoms with Crippen LogP contribution >= 0.6 is 7.82 Å². The molecule has 17 heavy (non-hydrogen) atoms. The van der Waals surface area contributed by atoms with Gasteiger partial charge in [0.25, 0.3) is 13.6 Å². The van der Waals surface area contributed by atoms with Crippen LogP contribution in [0.5, 0.6) is 0 Å². The van der Waals surface area contributed by atoms with E-state index in [-0.39, 0.29) is 0 Å². The first-order valence-corrected chi connectivity index (χ1v) is 7.16. The molecular weight excluding hydrogens is 243 g/mol. The van der Waals surface area contributed by atoms with E-state index in [0.717, 1.165) is 0 Å². The van der Waals surface area contributed by atoms with Gasteiger partial charge >= 0.3 is 0 Å². The number of aromatic amines is 1. The van der Waals surface area contributed by atoms with Crippen LogP contribution < -0.4 is 9.46 Å². The lowest BCUT2D eigenvalue weighted by atomic mass is 10.1. The number of nitrogens with zero attached hydrogens (tertiary/aromatic N) is 1. The zero-order valence-electron chi connectivity index (χ0n) is 10.3. The molecular formula is C10H21N2O4P. The zero-order chi connectivity index (χ0) is 13.3. The normalized spacial score (nSPS) is 10.9. The molecule has 0 fully saturated rings. The molecule has 7 heteroatoms. The van der Waals surface area contributed by atoms with Gasteiger partial charge in [0, 0.05) is 6.42 Å². The van der Waals surface area contributed by atoms with Crippen LogP contribution in [-0.2, 0) is 18.0 Å². The molecule has 0 unspecified atom stereocenters. The van der Waals surface area contributed by atoms with E-state index in [1.165, 1.54) is 37.9 Å². The maximum Gasteiger partial charge on any atom is 0.262 e. The second-order valence-electron chi connectivity index (χ2n) is 3.82. The van der Waals surface area contributed by atoms with Crippen molar-refractivity contribution in [1.82, 2.24) is 4.98 Å². The molecule has 0 atom stereocenters. The maximum atomic E-state index is 8.77. The van der Waals surface area contributed by atoms with Crippen molar-refractivity contribution in [3.63, 3.8) is 0 Å². The third-order valence-electron chi connectivity index (χ3n) is 2.24. The Morgan fingerprint density at radius 3 is 2.41 bits per heavy atom. The molecule has 3 N–H and O–H groups in total. The smallest absolute Gasteiger partial charge is 0.262 e. The van der Waals surface area contributed by atoms with Crippen LogP contribution in [0.25, 0.3) is 0 Å². The van der Waals surface area contributed by atoms with Gasteiger partial charge in [-0.05, 0) is 6.42 Å². The number of hydrogen-bond acceptors (Lipinski definition) is 2. The minimum absolute atomic E-state index is 1.18. The minimum Gasteiger partial charge on any atom is -0.756 e. The highest BCUT2D eigenvalue weighted by Gasteiger charge is 2.04. The summed E-state index contributed by atoms with van der Waals surface area (Å²) in [5, 5.41) is 0. The third kappa shape index (κ3) is 11.6. The first-order valence-electron chi connectivity index (χ1n) is 5.63. The average molecular weight is 264 g/mol.